The van der Waals surface area contributed by atoms with E-state index in [4.69, 9.17) is 20.1 Å². The zero-order chi connectivity index (χ0) is 7.15. The molecule has 50 valence electrons. The molecule has 0 aromatic heterocycles. The Hall–Kier alpha value is -0.420. The van der Waals surface area contributed by atoms with Crippen molar-refractivity contribution in [3.63, 3.8) is 0 Å². The van der Waals surface area contributed by atoms with Gasteiger partial charge in [-0.15, -0.1) is 0 Å². The van der Waals surface area contributed by atoms with Crippen LogP contribution in [0, 0.1) is 5.41 Å². The molecule has 0 aliphatic carbocycles. The van der Waals surface area contributed by atoms with Gasteiger partial charge in [0.1, 0.15) is 0 Å². The van der Waals surface area contributed by atoms with E-state index in [-0.39, 0.29) is 5.96 Å². The van der Waals surface area contributed by atoms with Gasteiger partial charge in [-0.05, 0) is 0 Å². The summed E-state index contributed by atoms with van der Waals surface area (Å²) >= 11 is 0. The van der Waals surface area contributed by atoms with Crippen LogP contribution in [0.5, 0.6) is 0 Å². The summed E-state index contributed by atoms with van der Waals surface area (Å²) in [5.74, 6) is -0.333. The van der Waals surface area contributed by atoms with E-state index in [0.29, 0.717) is 0 Å². The molecule has 0 amide bonds. The minimum absolute atomic E-state index is 0.333. The van der Waals surface area contributed by atoms with E-state index in [1.54, 1.807) is 0 Å². The smallest absolute Gasteiger partial charge is 0.324 e. The van der Waals surface area contributed by atoms with Crippen molar-refractivity contribution in [3.05, 3.63) is 0 Å². The highest BCUT2D eigenvalue weighted by atomic mass is 31.2. The normalized spacial score (nSPS) is 7.50. The second-order valence-corrected chi connectivity index (χ2v) is 1.26. The maximum Gasteiger partial charge on any atom is 0.324 e. The summed E-state index contributed by atoms with van der Waals surface area (Å²) in [6.45, 7) is 0. The Balaban J connectivity index is 0. The third-order valence-electron chi connectivity index (χ3n) is 0. The molecule has 8 heavy (non-hydrogen) atoms. The first kappa shape index (κ1) is 10.5. The SMILES string of the molecule is N=C(N)N.OP(O)O. The maximum atomic E-state index is 7.23. The van der Waals surface area contributed by atoms with Gasteiger partial charge >= 0.3 is 8.60 Å². The lowest BCUT2D eigenvalue weighted by atomic mass is 11.1. The number of hydrogen-bond donors (Lipinski definition) is 6. The van der Waals surface area contributed by atoms with Crippen LogP contribution in [-0.4, -0.2) is 20.6 Å². The largest absolute Gasteiger partial charge is 0.370 e. The van der Waals surface area contributed by atoms with Gasteiger partial charge in [-0.2, -0.15) is 0 Å². The quantitative estimate of drug-likeness (QED) is 0.132. The van der Waals surface area contributed by atoms with Gasteiger partial charge in [0.2, 0.25) is 0 Å². The first-order chi connectivity index (χ1) is 3.46. The summed E-state index contributed by atoms with van der Waals surface area (Å²) < 4.78 is 0. The molecular formula is CH8N3O3P. The third kappa shape index (κ3) is 664. The Kier molecular flexibility index (Phi) is 8.67. The van der Waals surface area contributed by atoms with E-state index in [9.17, 15) is 0 Å². The summed E-state index contributed by atoms with van der Waals surface area (Å²) in [7, 11) is -2.62. The highest BCUT2D eigenvalue weighted by Gasteiger charge is 1.76. The number of rotatable bonds is 0. The van der Waals surface area contributed by atoms with Crippen molar-refractivity contribution in [1.29, 1.82) is 5.41 Å². The minimum atomic E-state index is -2.62. The van der Waals surface area contributed by atoms with Crippen molar-refractivity contribution in [2.45, 2.75) is 0 Å². The topological polar surface area (TPSA) is 137 Å². The number of guanidine groups is 1. The molecule has 8 N–H and O–H groups in total. The van der Waals surface area contributed by atoms with Crippen LogP contribution in [0.3, 0.4) is 0 Å². The van der Waals surface area contributed by atoms with E-state index in [2.05, 4.69) is 11.5 Å². The lowest BCUT2D eigenvalue weighted by Gasteiger charge is -1.76. The molecule has 6 nitrogen and oxygen atoms in total. The first-order valence-electron chi connectivity index (χ1n) is 1.43. The molecule has 0 aliphatic rings. The van der Waals surface area contributed by atoms with E-state index < -0.39 is 8.60 Å². The second kappa shape index (κ2) is 6.58. The zero-order valence-electron chi connectivity index (χ0n) is 3.94. The predicted octanol–water partition coefficient (Wildman–Crippen LogP) is -1.97. The third-order valence-corrected chi connectivity index (χ3v) is 0. The summed E-state index contributed by atoms with van der Waals surface area (Å²) in [6, 6.07) is 0. The average molecular weight is 141 g/mol. The average Bonchev–Trinajstić information content (AvgIpc) is 1.25. The second-order valence-electron chi connectivity index (χ2n) is 0.724. The fourth-order valence-corrected chi connectivity index (χ4v) is 0. The zero-order valence-corrected chi connectivity index (χ0v) is 4.84. The van der Waals surface area contributed by atoms with E-state index in [1.165, 1.54) is 0 Å². The van der Waals surface area contributed by atoms with E-state index >= 15 is 0 Å². The molecule has 7 heteroatoms. The number of nitrogens with two attached hydrogens (primary N) is 2. The molecule has 0 rings (SSSR count). The molecular weight excluding hydrogens is 133 g/mol. The molecule has 0 heterocycles. The van der Waals surface area contributed by atoms with Crippen LogP contribution < -0.4 is 11.5 Å². The highest BCUT2D eigenvalue weighted by molar-refractivity contribution is 7.38. The van der Waals surface area contributed by atoms with Gasteiger partial charge in [0.25, 0.3) is 0 Å². The van der Waals surface area contributed by atoms with E-state index in [1.807, 2.05) is 0 Å². The highest BCUT2D eigenvalue weighted by Crippen LogP contribution is 2.11. The Bertz CT molecular complexity index is 58.8. The van der Waals surface area contributed by atoms with Crippen LogP contribution in [0.1, 0.15) is 0 Å². The molecule has 0 aromatic carbocycles. The molecule has 0 bridgehead atoms. The van der Waals surface area contributed by atoms with Gasteiger partial charge in [-0.3, -0.25) is 5.41 Å². The van der Waals surface area contributed by atoms with Crippen molar-refractivity contribution in [2.75, 3.05) is 0 Å². The van der Waals surface area contributed by atoms with Crippen molar-refractivity contribution in [2.24, 2.45) is 11.5 Å². The van der Waals surface area contributed by atoms with Gasteiger partial charge in [0.05, 0.1) is 0 Å². The lowest BCUT2D eigenvalue weighted by molar-refractivity contribution is 0.368. The number of hydrogen-bond acceptors (Lipinski definition) is 4. The maximum absolute atomic E-state index is 7.23. The van der Waals surface area contributed by atoms with Crippen molar-refractivity contribution < 1.29 is 14.7 Å². The van der Waals surface area contributed by atoms with Crippen LogP contribution in [0.25, 0.3) is 0 Å². The summed E-state index contributed by atoms with van der Waals surface area (Å²) in [5.41, 5.74) is 8.94. The first-order valence-corrected chi connectivity index (χ1v) is 2.63. The molecule has 0 unspecified atom stereocenters. The Morgan fingerprint density at radius 3 is 1.25 bits per heavy atom. The number of nitrogens with one attached hydrogen (secondary N) is 1. The van der Waals surface area contributed by atoms with Crippen molar-refractivity contribution in [3.8, 4) is 0 Å². The van der Waals surface area contributed by atoms with E-state index in [0.717, 1.165) is 0 Å². The standard InChI is InChI=1S/CH5N3.H3O3P/c2-1(3)4;1-4(2)3/h(H5,2,3,4);1-3H. The molecule has 0 aliphatic heterocycles. The molecule has 0 saturated heterocycles. The minimum Gasteiger partial charge on any atom is -0.370 e. The molecule has 0 atom stereocenters. The molecule has 0 aromatic rings. The Labute approximate surface area is 47.3 Å². The van der Waals surface area contributed by atoms with Crippen molar-refractivity contribution >= 4 is 14.6 Å². The van der Waals surface area contributed by atoms with Gasteiger partial charge in [0.15, 0.2) is 5.96 Å². The van der Waals surface area contributed by atoms with Crippen LogP contribution in [0.15, 0.2) is 0 Å². The van der Waals surface area contributed by atoms with Gasteiger partial charge in [-0.1, -0.05) is 0 Å². The molecule has 0 fully saturated rings. The predicted molar refractivity (Wildman–Crippen MR) is 29.7 cm³/mol. The molecule has 0 saturated carbocycles. The van der Waals surface area contributed by atoms with Gasteiger partial charge < -0.3 is 26.1 Å². The molecule has 0 spiro atoms. The van der Waals surface area contributed by atoms with Gasteiger partial charge in [0, 0.05) is 0 Å². The Morgan fingerprint density at radius 1 is 1.25 bits per heavy atom. The monoisotopic (exact) mass is 141 g/mol. The fourth-order valence-electron chi connectivity index (χ4n) is 0. The van der Waals surface area contributed by atoms with Crippen molar-refractivity contribution in [1.82, 2.24) is 0 Å². The van der Waals surface area contributed by atoms with Gasteiger partial charge in [-0.25, -0.2) is 0 Å². The summed E-state index contributed by atoms with van der Waals surface area (Å²) in [5, 5.41) is 6.06. The fraction of sp³-hybridized carbons (Fsp3) is 0. The Morgan fingerprint density at radius 2 is 1.25 bits per heavy atom. The lowest BCUT2D eigenvalue weighted by Crippen LogP contribution is -2.20. The van der Waals surface area contributed by atoms with Crippen LogP contribution >= 0.6 is 8.60 Å². The summed E-state index contributed by atoms with van der Waals surface area (Å²) in [4.78, 5) is 21.7. The van der Waals surface area contributed by atoms with Crippen LogP contribution in [0.2, 0.25) is 0 Å². The summed E-state index contributed by atoms with van der Waals surface area (Å²) in [6.07, 6.45) is 0. The van der Waals surface area contributed by atoms with Crippen LogP contribution in [-0.2, 0) is 0 Å². The van der Waals surface area contributed by atoms with Crippen LogP contribution in [0.4, 0.5) is 0 Å². The molecule has 0 radical (unpaired) electrons.